The molecule has 0 saturated carbocycles. The molecule has 0 fully saturated rings. The Morgan fingerprint density at radius 2 is 2.05 bits per heavy atom. The number of methoxy groups -OCH3 is 1. The van der Waals surface area contributed by atoms with Crippen molar-refractivity contribution in [2.24, 2.45) is 0 Å². The van der Waals surface area contributed by atoms with Crippen molar-refractivity contribution >= 4 is 27.9 Å². The van der Waals surface area contributed by atoms with Crippen molar-refractivity contribution in [2.75, 3.05) is 37.4 Å². The van der Waals surface area contributed by atoms with Crippen LogP contribution < -0.4 is 20.7 Å². The van der Waals surface area contributed by atoms with Gasteiger partial charge in [0.15, 0.2) is 5.75 Å². The fraction of sp³-hybridized carbons (Fsp3) is 0.667. The summed E-state index contributed by atoms with van der Waals surface area (Å²) in [5.74, 6) is 0.509. The monoisotopic (exact) mass is 313 g/mol. The average Bonchev–Trinajstić information content (AvgIpc) is 2.82. The van der Waals surface area contributed by atoms with Crippen molar-refractivity contribution in [3.8, 4) is 5.75 Å². The van der Waals surface area contributed by atoms with E-state index in [1.165, 1.54) is 11.3 Å². The molecule has 0 saturated heterocycles. The molecule has 6 heteroatoms. The molecule has 1 aromatic heterocycles. The molecule has 5 nitrogen and oxygen atoms in total. The molecule has 0 radical (unpaired) electrons. The highest BCUT2D eigenvalue weighted by atomic mass is 32.1. The summed E-state index contributed by atoms with van der Waals surface area (Å²) in [5, 5.41) is 3.82. The highest BCUT2D eigenvalue weighted by molar-refractivity contribution is 7.19. The van der Waals surface area contributed by atoms with E-state index in [0.29, 0.717) is 22.9 Å². The van der Waals surface area contributed by atoms with Crippen LogP contribution in [0.1, 0.15) is 49.7 Å². The maximum Gasteiger partial charge on any atom is 0.263 e. The standard InChI is InChI=1S/C15H27N3O2S/c1-5-8-10-18(7-3)15-12(20-4)11(16)13(21-15)14(19)17-9-6-2/h5-10,16H2,1-4H3,(H,17,19). The number of unbranched alkanes of at least 4 members (excludes halogenated alkanes) is 1. The number of thiophene rings is 1. The van der Waals surface area contributed by atoms with E-state index in [-0.39, 0.29) is 5.91 Å². The van der Waals surface area contributed by atoms with Gasteiger partial charge in [0, 0.05) is 19.6 Å². The zero-order valence-electron chi connectivity index (χ0n) is 13.5. The summed E-state index contributed by atoms with van der Waals surface area (Å²) < 4.78 is 5.44. The van der Waals surface area contributed by atoms with Gasteiger partial charge in [0.05, 0.1) is 7.11 Å². The molecule has 0 aliphatic rings. The fourth-order valence-corrected chi connectivity index (χ4v) is 3.26. The van der Waals surface area contributed by atoms with Crippen molar-refractivity contribution in [2.45, 2.75) is 40.0 Å². The first-order valence-corrected chi connectivity index (χ1v) is 8.41. The minimum absolute atomic E-state index is 0.115. The first kappa shape index (κ1) is 17.6. The van der Waals surface area contributed by atoms with Crippen LogP contribution in [0.4, 0.5) is 10.7 Å². The summed E-state index contributed by atoms with van der Waals surface area (Å²) in [6.45, 7) is 8.75. The van der Waals surface area contributed by atoms with Crippen molar-refractivity contribution < 1.29 is 9.53 Å². The summed E-state index contributed by atoms with van der Waals surface area (Å²) in [5.41, 5.74) is 6.55. The Morgan fingerprint density at radius 3 is 2.57 bits per heavy atom. The van der Waals surface area contributed by atoms with E-state index in [2.05, 4.69) is 24.1 Å². The molecule has 1 aromatic rings. The molecular formula is C15H27N3O2S. The van der Waals surface area contributed by atoms with Gasteiger partial charge in [-0.1, -0.05) is 20.3 Å². The molecule has 1 rings (SSSR count). The number of amides is 1. The van der Waals surface area contributed by atoms with Gasteiger partial charge in [-0.15, -0.1) is 11.3 Å². The minimum atomic E-state index is -0.115. The van der Waals surface area contributed by atoms with Gasteiger partial charge in [0.25, 0.3) is 5.91 Å². The lowest BCUT2D eigenvalue weighted by molar-refractivity contribution is 0.0958. The molecule has 1 amide bonds. The van der Waals surface area contributed by atoms with E-state index in [1.54, 1.807) is 7.11 Å². The van der Waals surface area contributed by atoms with Crippen molar-refractivity contribution in [1.82, 2.24) is 5.32 Å². The van der Waals surface area contributed by atoms with Crippen LogP contribution in [0.3, 0.4) is 0 Å². The Morgan fingerprint density at radius 1 is 1.33 bits per heavy atom. The Hall–Kier alpha value is -1.43. The van der Waals surface area contributed by atoms with E-state index in [4.69, 9.17) is 10.5 Å². The Bertz CT molecular complexity index is 460. The molecule has 0 unspecified atom stereocenters. The number of hydrogen-bond donors (Lipinski definition) is 2. The van der Waals surface area contributed by atoms with Crippen molar-refractivity contribution in [1.29, 1.82) is 0 Å². The van der Waals surface area contributed by atoms with Crippen LogP contribution in [-0.4, -0.2) is 32.7 Å². The zero-order chi connectivity index (χ0) is 15.8. The predicted molar refractivity (Wildman–Crippen MR) is 90.7 cm³/mol. The van der Waals surface area contributed by atoms with E-state index in [1.807, 2.05) is 6.92 Å². The largest absolute Gasteiger partial charge is 0.492 e. The normalized spacial score (nSPS) is 10.5. The third-order valence-corrected chi connectivity index (χ3v) is 4.53. The summed E-state index contributed by atoms with van der Waals surface area (Å²) in [7, 11) is 1.60. The number of rotatable bonds is 9. The van der Waals surface area contributed by atoms with Gasteiger partial charge in [-0.3, -0.25) is 4.79 Å². The van der Waals surface area contributed by atoms with E-state index >= 15 is 0 Å². The van der Waals surface area contributed by atoms with Crippen molar-refractivity contribution in [3.63, 3.8) is 0 Å². The molecule has 0 aliphatic heterocycles. The molecular weight excluding hydrogens is 286 g/mol. The number of carbonyl (C=O) groups excluding carboxylic acids is 1. The molecule has 21 heavy (non-hydrogen) atoms. The maximum absolute atomic E-state index is 12.2. The SMILES string of the molecule is CCCCN(CC)c1sc(C(=O)NCCC)c(N)c1OC. The number of hydrogen-bond acceptors (Lipinski definition) is 5. The van der Waals surface area contributed by atoms with Crippen LogP contribution in [-0.2, 0) is 0 Å². The van der Waals surface area contributed by atoms with Gasteiger partial charge < -0.3 is 20.7 Å². The highest BCUT2D eigenvalue weighted by Gasteiger charge is 2.24. The van der Waals surface area contributed by atoms with Crippen LogP contribution in [0.5, 0.6) is 5.75 Å². The number of ether oxygens (including phenoxy) is 1. The first-order valence-electron chi connectivity index (χ1n) is 7.59. The van der Waals surface area contributed by atoms with Gasteiger partial charge in [-0.2, -0.15) is 0 Å². The lowest BCUT2D eigenvalue weighted by Crippen LogP contribution is -2.24. The number of nitrogens with one attached hydrogen (secondary N) is 1. The summed E-state index contributed by atoms with van der Waals surface area (Å²) in [6, 6.07) is 0. The second kappa shape index (κ2) is 8.77. The Labute approximate surface area is 131 Å². The first-order chi connectivity index (χ1) is 10.1. The third kappa shape index (κ3) is 4.27. The molecule has 0 aromatic carbocycles. The van der Waals surface area contributed by atoms with Gasteiger partial charge in [-0.25, -0.2) is 0 Å². The van der Waals surface area contributed by atoms with Crippen LogP contribution in [0.15, 0.2) is 0 Å². The summed E-state index contributed by atoms with van der Waals surface area (Å²) in [4.78, 5) is 14.9. The number of anilines is 2. The minimum Gasteiger partial charge on any atom is -0.492 e. The predicted octanol–water partition coefficient (Wildman–Crippen LogP) is 3.11. The van der Waals surface area contributed by atoms with Crippen LogP contribution >= 0.6 is 11.3 Å². The smallest absolute Gasteiger partial charge is 0.263 e. The number of nitrogens with two attached hydrogens (primary N) is 1. The molecule has 0 aliphatic carbocycles. The number of nitrogens with zero attached hydrogens (tertiary/aromatic N) is 1. The fourth-order valence-electron chi connectivity index (χ4n) is 2.06. The quantitative estimate of drug-likeness (QED) is 0.735. The van der Waals surface area contributed by atoms with Crippen LogP contribution in [0.25, 0.3) is 0 Å². The van der Waals surface area contributed by atoms with Crippen LogP contribution in [0, 0.1) is 0 Å². The summed E-state index contributed by atoms with van der Waals surface area (Å²) >= 11 is 1.42. The molecule has 0 atom stereocenters. The van der Waals surface area contributed by atoms with E-state index in [0.717, 1.165) is 37.4 Å². The second-order valence-electron chi connectivity index (χ2n) is 4.87. The Kier molecular flexibility index (Phi) is 7.36. The number of carbonyl (C=O) groups is 1. The lowest BCUT2D eigenvalue weighted by Gasteiger charge is -2.22. The molecule has 0 bridgehead atoms. The van der Waals surface area contributed by atoms with E-state index < -0.39 is 0 Å². The highest BCUT2D eigenvalue weighted by Crippen LogP contribution is 2.44. The maximum atomic E-state index is 12.2. The second-order valence-corrected chi connectivity index (χ2v) is 5.87. The molecule has 3 N–H and O–H groups in total. The van der Waals surface area contributed by atoms with Gasteiger partial charge in [0.1, 0.15) is 15.6 Å². The third-order valence-electron chi connectivity index (χ3n) is 3.28. The van der Waals surface area contributed by atoms with Crippen molar-refractivity contribution in [3.05, 3.63) is 4.88 Å². The van der Waals surface area contributed by atoms with E-state index in [9.17, 15) is 4.79 Å². The lowest BCUT2D eigenvalue weighted by atomic mass is 10.3. The average molecular weight is 313 g/mol. The van der Waals surface area contributed by atoms with Crippen LogP contribution in [0.2, 0.25) is 0 Å². The molecule has 1 heterocycles. The van der Waals surface area contributed by atoms with Gasteiger partial charge in [0.2, 0.25) is 0 Å². The molecule has 0 spiro atoms. The Balaban J connectivity index is 3.06. The number of nitrogen functional groups attached to an aromatic ring is 1. The summed E-state index contributed by atoms with van der Waals surface area (Å²) in [6.07, 6.45) is 3.13. The zero-order valence-corrected chi connectivity index (χ0v) is 14.3. The van der Waals surface area contributed by atoms with Gasteiger partial charge in [-0.05, 0) is 19.8 Å². The molecule has 120 valence electrons. The topological polar surface area (TPSA) is 67.6 Å². The van der Waals surface area contributed by atoms with Gasteiger partial charge >= 0.3 is 0 Å².